The van der Waals surface area contributed by atoms with Crippen molar-refractivity contribution >= 4 is 69.5 Å². The largest absolute Gasteiger partial charge is 0.507 e. The van der Waals surface area contributed by atoms with Gasteiger partial charge in [-0.1, -0.05) is 52.6 Å². The van der Waals surface area contributed by atoms with Gasteiger partial charge in [-0.25, -0.2) is 0 Å². The fourth-order valence-corrected chi connectivity index (χ4v) is 6.78. The molecular formula is C28H13Cl3F6N2O4S2. The number of H-pyrrole nitrogens is 1. The molecule has 0 atom stereocenters. The predicted octanol–water partition coefficient (Wildman–Crippen LogP) is 9.89. The SMILES string of the molecule is O=C(c1ccc(C(F)(F)F)cc1O)c1[nH]c(Cl)c(Cl)c1-n1c(C(=O)c2ccc(C(F)(F)F)cc2O)cc(Cl)c1Sc1cccs1. The molecule has 234 valence electrons. The third kappa shape index (κ3) is 6.29. The lowest BCUT2D eigenvalue weighted by atomic mass is 10.0. The van der Waals surface area contributed by atoms with Crippen LogP contribution in [-0.2, 0) is 12.4 Å². The van der Waals surface area contributed by atoms with Gasteiger partial charge in [0, 0.05) is 0 Å². The minimum atomic E-state index is -4.82. The van der Waals surface area contributed by atoms with Crippen LogP contribution in [0.1, 0.15) is 43.2 Å². The molecule has 0 aliphatic rings. The molecule has 0 aliphatic carbocycles. The maximum atomic E-state index is 13.8. The Morgan fingerprint density at radius 2 is 1.38 bits per heavy atom. The molecule has 0 saturated carbocycles. The van der Waals surface area contributed by atoms with E-state index in [1.807, 2.05) is 0 Å². The molecule has 3 N–H and O–H groups in total. The number of carbonyl (C=O) groups is 2. The van der Waals surface area contributed by atoms with Gasteiger partial charge in [0.2, 0.25) is 11.6 Å². The molecule has 17 heteroatoms. The van der Waals surface area contributed by atoms with E-state index in [1.54, 1.807) is 17.5 Å². The van der Waals surface area contributed by atoms with Crippen molar-refractivity contribution in [2.75, 3.05) is 0 Å². The maximum Gasteiger partial charge on any atom is 0.416 e. The first-order valence-corrected chi connectivity index (χ1v) is 14.9. The van der Waals surface area contributed by atoms with Crippen LogP contribution in [-0.4, -0.2) is 31.3 Å². The summed E-state index contributed by atoms with van der Waals surface area (Å²) in [4.78, 5) is 30.0. The van der Waals surface area contributed by atoms with Gasteiger partial charge in [-0.3, -0.25) is 14.2 Å². The fraction of sp³-hybridized carbons (Fsp3) is 0.0714. The Morgan fingerprint density at radius 3 is 1.87 bits per heavy atom. The van der Waals surface area contributed by atoms with Crippen LogP contribution in [0.15, 0.2) is 69.2 Å². The van der Waals surface area contributed by atoms with Crippen LogP contribution in [0.3, 0.4) is 0 Å². The number of aromatic nitrogens is 2. The Hall–Kier alpha value is -3.56. The van der Waals surface area contributed by atoms with E-state index in [-0.39, 0.29) is 31.6 Å². The first-order chi connectivity index (χ1) is 21.0. The van der Waals surface area contributed by atoms with Crippen LogP contribution in [0.25, 0.3) is 5.69 Å². The first-order valence-electron chi connectivity index (χ1n) is 12.1. The second-order valence-electron chi connectivity index (χ2n) is 9.15. The van der Waals surface area contributed by atoms with Gasteiger partial charge in [0.05, 0.1) is 42.9 Å². The number of nitrogens with one attached hydrogen (secondary N) is 1. The standard InChI is InChI=1S/C28H13Cl3F6N2O4S2/c29-15-10-16(23(42)13-5-3-11(8-17(13)40)27(32,33)34)39(26(15)45-19-2-1-7-44-19)22-20(30)25(31)38-21(22)24(43)14-6-4-12(9-18(14)41)28(35,36)37/h1-10,38,40-41H. The van der Waals surface area contributed by atoms with E-state index in [1.165, 1.54) is 11.3 Å². The van der Waals surface area contributed by atoms with Crippen LogP contribution in [0.2, 0.25) is 15.2 Å². The summed E-state index contributed by atoms with van der Waals surface area (Å²) in [6, 6.07) is 7.93. The van der Waals surface area contributed by atoms with E-state index in [4.69, 9.17) is 34.8 Å². The average Bonchev–Trinajstić information content (AvgIpc) is 3.66. The lowest BCUT2D eigenvalue weighted by Crippen LogP contribution is -2.14. The number of thiophene rings is 1. The van der Waals surface area contributed by atoms with Crippen LogP contribution >= 0.6 is 57.9 Å². The van der Waals surface area contributed by atoms with Crippen LogP contribution in [0, 0.1) is 0 Å². The van der Waals surface area contributed by atoms with Crippen molar-refractivity contribution in [3.8, 4) is 17.2 Å². The van der Waals surface area contributed by atoms with E-state index >= 15 is 0 Å². The second kappa shape index (κ2) is 12.0. The Morgan fingerprint density at radius 1 is 0.822 bits per heavy atom. The van der Waals surface area contributed by atoms with Crippen molar-refractivity contribution < 1.29 is 46.1 Å². The lowest BCUT2D eigenvalue weighted by molar-refractivity contribution is -0.138. The van der Waals surface area contributed by atoms with Gasteiger partial charge in [0.15, 0.2) is 0 Å². The van der Waals surface area contributed by atoms with Gasteiger partial charge in [-0.05, 0) is 53.9 Å². The van der Waals surface area contributed by atoms with Crippen LogP contribution in [0.5, 0.6) is 11.5 Å². The Kier molecular flexibility index (Phi) is 8.74. The van der Waals surface area contributed by atoms with Crippen molar-refractivity contribution in [3.63, 3.8) is 0 Å². The number of benzene rings is 2. The first kappa shape index (κ1) is 32.8. The number of hydrogen-bond donors (Lipinski definition) is 3. The van der Waals surface area contributed by atoms with Crippen molar-refractivity contribution in [2.24, 2.45) is 0 Å². The van der Waals surface area contributed by atoms with Gasteiger partial charge in [-0.15, -0.1) is 11.3 Å². The number of phenolic OH excluding ortho intramolecular Hbond substituents is 2. The zero-order valence-corrected chi connectivity index (χ0v) is 25.6. The van der Waals surface area contributed by atoms with Crippen molar-refractivity contribution in [1.82, 2.24) is 9.55 Å². The Balaban J connectivity index is 1.73. The maximum absolute atomic E-state index is 13.8. The zero-order chi connectivity index (χ0) is 33.0. The van der Waals surface area contributed by atoms with E-state index in [2.05, 4.69) is 4.98 Å². The van der Waals surface area contributed by atoms with Gasteiger partial charge in [0.25, 0.3) is 0 Å². The molecule has 6 nitrogen and oxygen atoms in total. The lowest BCUT2D eigenvalue weighted by Gasteiger charge is -2.15. The number of aromatic hydroxyl groups is 2. The summed E-state index contributed by atoms with van der Waals surface area (Å²) in [5, 5.41) is 21.8. The molecule has 0 saturated heterocycles. The summed E-state index contributed by atoms with van der Waals surface area (Å²) >= 11 is 21.6. The smallest absolute Gasteiger partial charge is 0.416 e. The molecule has 0 fully saturated rings. The molecule has 2 aromatic carbocycles. The van der Waals surface area contributed by atoms with Crippen LogP contribution < -0.4 is 0 Å². The number of hydrogen-bond acceptors (Lipinski definition) is 6. The summed E-state index contributed by atoms with van der Waals surface area (Å²) in [5.74, 6) is -4.15. The van der Waals surface area contributed by atoms with E-state index in [0.29, 0.717) is 28.5 Å². The molecule has 0 unspecified atom stereocenters. The van der Waals surface area contributed by atoms with Gasteiger partial charge >= 0.3 is 12.4 Å². The number of phenols is 2. The second-order valence-corrected chi connectivity index (χ2v) is 12.5. The molecule has 0 bridgehead atoms. The Bertz CT molecular complexity index is 1970. The van der Waals surface area contributed by atoms with Crippen molar-refractivity contribution in [3.05, 3.63) is 109 Å². The minimum absolute atomic E-state index is 0.0766. The number of halogens is 9. The fourth-order valence-electron chi connectivity index (χ4n) is 4.25. The molecule has 3 heterocycles. The number of ketones is 2. The normalized spacial score (nSPS) is 12.1. The quantitative estimate of drug-likeness (QED) is 0.115. The highest BCUT2D eigenvalue weighted by Gasteiger charge is 2.35. The highest BCUT2D eigenvalue weighted by atomic mass is 35.5. The number of alkyl halides is 6. The predicted molar refractivity (Wildman–Crippen MR) is 157 cm³/mol. The van der Waals surface area contributed by atoms with Gasteiger partial charge in [-0.2, -0.15) is 26.3 Å². The molecule has 5 rings (SSSR count). The highest BCUT2D eigenvalue weighted by molar-refractivity contribution is 8.01. The van der Waals surface area contributed by atoms with Crippen LogP contribution in [0.4, 0.5) is 26.3 Å². The number of nitrogens with zero attached hydrogens (tertiary/aromatic N) is 1. The molecule has 0 spiro atoms. The van der Waals surface area contributed by atoms with E-state index in [0.717, 1.165) is 34.5 Å². The molecule has 0 amide bonds. The monoisotopic (exact) mass is 724 g/mol. The third-order valence-electron chi connectivity index (χ3n) is 6.30. The van der Waals surface area contributed by atoms with E-state index in [9.17, 15) is 46.1 Å². The third-order valence-corrected chi connectivity index (χ3v) is 9.58. The summed E-state index contributed by atoms with van der Waals surface area (Å²) in [5.41, 5.74) is -4.76. The molecule has 5 aromatic rings. The van der Waals surface area contributed by atoms with Gasteiger partial charge in [0.1, 0.15) is 32.4 Å². The van der Waals surface area contributed by atoms with E-state index < -0.39 is 63.4 Å². The number of aromatic amines is 1. The molecule has 0 aliphatic heterocycles. The average molecular weight is 726 g/mol. The summed E-state index contributed by atoms with van der Waals surface area (Å²) in [6.45, 7) is 0. The number of rotatable bonds is 7. The molecule has 3 aromatic heterocycles. The minimum Gasteiger partial charge on any atom is -0.507 e. The van der Waals surface area contributed by atoms with Crippen molar-refractivity contribution in [1.29, 1.82) is 0 Å². The summed E-state index contributed by atoms with van der Waals surface area (Å²) in [6.07, 6.45) is -9.64. The molecule has 0 radical (unpaired) electrons. The molecule has 45 heavy (non-hydrogen) atoms. The number of carbonyl (C=O) groups excluding carboxylic acids is 2. The zero-order valence-electron chi connectivity index (χ0n) is 21.6. The summed E-state index contributed by atoms with van der Waals surface area (Å²) < 4.78 is 80.9. The highest BCUT2D eigenvalue weighted by Crippen LogP contribution is 2.45. The van der Waals surface area contributed by atoms with Gasteiger partial charge < -0.3 is 15.2 Å². The summed E-state index contributed by atoms with van der Waals surface area (Å²) in [7, 11) is 0. The Labute approximate surface area is 271 Å². The van der Waals surface area contributed by atoms with Crippen molar-refractivity contribution in [2.45, 2.75) is 21.6 Å². The molecular weight excluding hydrogens is 713 g/mol. The topological polar surface area (TPSA) is 95.3 Å².